The molecule has 3 aromatic carbocycles. The number of hydrogen-bond acceptors (Lipinski definition) is 6. The van der Waals surface area contributed by atoms with E-state index in [9.17, 15) is 21.6 Å². The second kappa shape index (κ2) is 12.1. The maximum atomic E-state index is 12.7. The average molecular weight is 532 g/mol. The van der Waals surface area contributed by atoms with Crippen LogP contribution in [0.4, 0.5) is 0 Å². The van der Waals surface area contributed by atoms with Crippen molar-refractivity contribution in [3.05, 3.63) is 90.0 Å². The van der Waals surface area contributed by atoms with Crippen LogP contribution in [0.25, 0.3) is 0 Å². The molecule has 192 valence electrons. The van der Waals surface area contributed by atoms with E-state index in [1.807, 2.05) is 37.3 Å². The molecule has 36 heavy (non-hydrogen) atoms. The average Bonchev–Trinajstić information content (AvgIpc) is 2.86. The number of rotatable bonds is 12. The van der Waals surface area contributed by atoms with Crippen LogP contribution >= 0.6 is 0 Å². The predicted octanol–water partition coefficient (Wildman–Crippen LogP) is 2.51. The fourth-order valence-corrected chi connectivity index (χ4v) is 5.48. The molecule has 0 fully saturated rings. The molecular formula is C25H29N3O6S2. The monoisotopic (exact) mass is 531 g/mol. The zero-order valence-corrected chi connectivity index (χ0v) is 21.6. The van der Waals surface area contributed by atoms with Crippen LogP contribution in [0.3, 0.4) is 0 Å². The van der Waals surface area contributed by atoms with Crippen molar-refractivity contribution in [3.63, 3.8) is 0 Å². The van der Waals surface area contributed by atoms with Crippen LogP contribution in [0.1, 0.15) is 24.1 Å². The molecule has 0 bridgehead atoms. The van der Waals surface area contributed by atoms with Crippen LogP contribution < -0.4 is 19.5 Å². The lowest BCUT2D eigenvalue weighted by Gasteiger charge is -2.15. The van der Waals surface area contributed by atoms with Crippen molar-refractivity contribution < 1.29 is 26.4 Å². The van der Waals surface area contributed by atoms with Crippen LogP contribution in [0.2, 0.25) is 0 Å². The lowest BCUT2D eigenvalue weighted by molar-refractivity contribution is -0.123. The van der Waals surface area contributed by atoms with Gasteiger partial charge in [-0.1, -0.05) is 48.0 Å². The van der Waals surface area contributed by atoms with Crippen molar-refractivity contribution in [1.29, 1.82) is 0 Å². The van der Waals surface area contributed by atoms with Gasteiger partial charge in [0.2, 0.25) is 20.0 Å². The maximum Gasteiger partial charge on any atom is 0.257 e. The topological polar surface area (TPSA) is 131 Å². The maximum absolute atomic E-state index is 12.7. The summed E-state index contributed by atoms with van der Waals surface area (Å²) in [7, 11) is -7.40. The molecule has 3 aromatic rings. The Kier molecular flexibility index (Phi) is 9.21. The standard InChI is InChI=1S/C25H29N3O6S2/c1-19-8-12-23(13-9-19)35(30,31)27-17-16-26-25(29)18-34-22-10-14-24(15-11-22)36(32,33)28-20(2)21-6-4-3-5-7-21/h3-15,20,27-28H,16-18H2,1-2H3,(H,26,29)/t20-/m0/s1. The first-order chi connectivity index (χ1) is 17.1. The molecular weight excluding hydrogens is 502 g/mol. The zero-order chi connectivity index (χ0) is 26.2. The number of amides is 1. The molecule has 0 aliphatic rings. The number of aryl methyl sites for hydroxylation is 1. The van der Waals surface area contributed by atoms with Crippen LogP contribution in [0.5, 0.6) is 5.75 Å². The summed E-state index contributed by atoms with van der Waals surface area (Å²) >= 11 is 0. The van der Waals surface area contributed by atoms with Gasteiger partial charge in [-0.3, -0.25) is 4.79 Å². The molecule has 0 aliphatic carbocycles. The van der Waals surface area contributed by atoms with E-state index in [2.05, 4.69) is 14.8 Å². The van der Waals surface area contributed by atoms with Gasteiger partial charge in [-0.2, -0.15) is 0 Å². The largest absolute Gasteiger partial charge is 0.484 e. The first-order valence-corrected chi connectivity index (χ1v) is 14.2. The van der Waals surface area contributed by atoms with Gasteiger partial charge in [0.05, 0.1) is 9.79 Å². The van der Waals surface area contributed by atoms with Crippen LogP contribution in [-0.2, 0) is 24.8 Å². The fourth-order valence-electron chi connectivity index (χ4n) is 3.21. The van der Waals surface area contributed by atoms with E-state index in [1.165, 1.54) is 36.4 Å². The van der Waals surface area contributed by atoms with Crippen molar-refractivity contribution in [2.45, 2.75) is 29.7 Å². The summed E-state index contributed by atoms with van der Waals surface area (Å²) in [6.07, 6.45) is 0. The lowest BCUT2D eigenvalue weighted by atomic mass is 10.1. The van der Waals surface area contributed by atoms with E-state index in [1.54, 1.807) is 19.1 Å². The second-order valence-electron chi connectivity index (χ2n) is 8.07. The molecule has 0 aromatic heterocycles. The van der Waals surface area contributed by atoms with Gasteiger partial charge >= 0.3 is 0 Å². The Morgan fingerprint density at radius 2 is 1.39 bits per heavy atom. The smallest absolute Gasteiger partial charge is 0.257 e. The van der Waals surface area contributed by atoms with Gasteiger partial charge < -0.3 is 10.1 Å². The number of carbonyl (C=O) groups is 1. The van der Waals surface area contributed by atoms with Crippen molar-refractivity contribution >= 4 is 26.0 Å². The molecule has 11 heteroatoms. The third-order valence-corrected chi connectivity index (χ3v) is 8.24. The van der Waals surface area contributed by atoms with Gasteiger partial charge in [0.25, 0.3) is 5.91 Å². The van der Waals surface area contributed by atoms with Crippen molar-refractivity contribution in [3.8, 4) is 5.75 Å². The first-order valence-electron chi connectivity index (χ1n) is 11.2. The highest BCUT2D eigenvalue weighted by Crippen LogP contribution is 2.19. The summed E-state index contributed by atoms with van der Waals surface area (Å²) in [5.41, 5.74) is 1.79. The van der Waals surface area contributed by atoms with Crippen LogP contribution in [0, 0.1) is 6.92 Å². The Morgan fingerprint density at radius 3 is 2.03 bits per heavy atom. The van der Waals surface area contributed by atoms with E-state index >= 15 is 0 Å². The highest BCUT2D eigenvalue weighted by Gasteiger charge is 2.18. The van der Waals surface area contributed by atoms with Gasteiger partial charge in [0.1, 0.15) is 5.75 Å². The number of hydrogen-bond donors (Lipinski definition) is 3. The van der Waals surface area contributed by atoms with E-state index in [-0.39, 0.29) is 29.5 Å². The Hall–Kier alpha value is -3.25. The third-order valence-electron chi connectivity index (χ3n) is 5.21. The lowest BCUT2D eigenvalue weighted by Crippen LogP contribution is -2.36. The number of benzene rings is 3. The molecule has 3 N–H and O–H groups in total. The summed E-state index contributed by atoms with van der Waals surface area (Å²) in [4.78, 5) is 12.2. The first kappa shape index (κ1) is 27.3. The van der Waals surface area contributed by atoms with Gasteiger partial charge in [-0.25, -0.2) is 26.3 Å². The molecule has 0 aliphatic heterocycles. The van der Waals surface area contributed by atoms with E-state index < -0.39 is 32.0 Å². The van der Waals surface area contributed by atoms with Gasteiger partial charge in [-0.15, -0.1) is 0 Å². The van der Waals surface area contributed by atoms with Crippen molar-refractivity contribution in [2.24, 2.45) is 0 Å². The fraction of sp³-hybridized carbons (Fsp3) is 0.240. The Balaban J connectivity index is 1.42. The normalized spacial score (nSPS) is 12.6. The van der Waals surface area contributed by atoms with Gasteiger partial charge in [0.15, 0.2) is 6.61 Å². The minimum atomic E-state index is -3.75. The van der Waals surface area contributed by atoms with Crippen LogP contribution in [0.15, 0.2) is 88.7 Å². The van der Waals surface area contributed by atoms with E-state index in [0.29, 0.717) is 5.75 Å². The van der Waals surface area contributed by atoms with E-state index in [0.717, 1.165) is 11.1 Å². The Bertz CT molecular complexity index is 1360. The van der Waals surface area contributed by atoms with Crippen LogP contribution in [-0.4, -0.2) is 42.4 Å². The van der Waals surface area contributed by atoms with Gasteiger partial charge in [-0.05, 0) is 55.8 Å². The molecule has 0 radical (unpaired) electrons. The molecule has 3 rings (SSSR count). The Labute approximate surface area is 212 Å². The summed E-state index contributed by atoms with van der Waals surface area (Å²) in [5, 5.41) is 2.56. The second-order valence-corrected chi connectivity index (χ2v) is 11.6. The molecule has 1 atom stereocenters. The molecule has 0 saturated carbocycles. The minimum Gasteiger partial charge on any atom is -0.484 e. The Morgan fingerprint density at radius 1 is 0.806 bits per heavy atom. The molecule has 0 spiro atoms. The molecule has 0 unspecified atom stereocenters. The summed E-state index contributed by atoms with van der Waals surface area (Å²) in [6, 6.07) is 21.0. The van der Waals surface area contributed by atoms with E-state index in [4.69, 9.17) is 4.74 Å². The summed E-state index contributed by atoms with van der Waals surface area (Å²) in [5.74, 6) is -0.125. The third kappa shape index (κ3) is 7.89. The molecule has 1 amide bonds. The number of carbonyl (C=O) groups excluding carboxylic acids is 1. The number of nitrogens with one attached hydrogen (secondary N) is 3. The number of sulfonamides is 2. The van der Waals surface area contributed by atoms with Crippen molar-refractivity contribution in [1.82, 2.24) is 14.8 Å². The highest BCUT2D eigenvalue weighted by molar-refractivity contribution is 7.89. The molecule has 9 nitrogen and oxygen atoms in total. The van der Waals surface area contributed by atoms with Gasteiger partial charge in [0, 0.05) is 19.1 Å². The quantitative estimate of drug-likeness (QED) is 0.308. The zero-order valence-electron chi connectivity index (χ0n) is 20.0. The number of ether oxygens (including phenoxy) is 1. The minimum absolute atomic E-state index is 0.0168. The summed E-state index contributed by atoms with van der Waals surface area (Å²) < 4.78 is 60.2. The molecule has 0 heterocycles. The SMILES string of the molecule is Cc1ccc(S(=O)(=O)NCCNC(=O)COc2ccc(S(=O)(=O)N[C@@H](C)c3ccccc3)cc2)cc1. The predicted molar refractivity (Wildman–Crippen MR) is 136 cm³/mol. The highest BCUT2D eigenvalue weighted by atomic mass is 32.2. The summed E-state index contributed by atoms with van der Waals surface area (Å²) in [6.45, 7) is 3.41. The molecule has 0 saturated heterocycles. The van der Waals surface area contributed by atoms with Crippen molar-refractivity contribution in [2.75, 3.05) is 19.7 Å².